The van der Waals surface area contributed by atoms with Crippen molar-refractivity contribution in [3.63, 3.8) is 0 Å². The molecular formula is C22H22ClN3O2. The molecule has 144 valence electrons. The Hall–Kier alpha value is -2.66. The largest absolute Gasteiger partial charge is 0.339 e. The second-order valence-electron chi connectivity index (χ2n) is 7.11. The highest BCUT2D eigenvalue weighted by molar-refractivity contribution is 6.30. The lowest BCUT2D eigenvalue weighted by atomic mass is 10.1. The van der Waals surface area contributed by atoms with Crippen LogP contribution in [0.25, 0.3) is 11.4 Å². The summed E-state index contributed by atoms with van der Waals surface area (Å²) in [7, 11) is 0. The summed E-state index contributed by atoms with van der Waals surface area (Å²) >= 11 is 5.91. The molecule has 1 aliphatic carbocycles. The lowest BCUT2D eigenvalue weighted by Crippen LogP contribution is -2.32. The number of carbonyl (C=O) groups excluding carboxylic acids is 1. The van der Waals surface area contributed by atoms with Gasteiger partial charge in [0.25, 0.3) is 0 Å². The van der Waals surface area contributed by atoms with Gasteiger partial charge in [0.2, 0.25) is 17.6 Å². The second-order valence-corrected chi connectivity index (χ2v) is 7.55. The first kappa shape index (κ1) is 18.7. The third-order valence-electron chi connectivity index (χ3n) is 4.86. The molecule has 0 atom stereocenters. The molecule has 3 aromatic rings. The highest BCUT2D eigenvalue weighted by atomic mass is 35.5. The number of aromatic nitrogens is 2. The van der Waals surface area contributed by atoms with Crippen LogP contribution < -0.4 is 0 Å². The van der Waals surface area contributed by atoms with Crippen molar-refractivity contribution in [2.45, 2.75) is 44.7 Å². The molecular weight excluding hydrogens is 374 g/mol. The van der Waals surface area contributed by atoms with Crippen molar-refractivity contribution in [1.29, 1.82) is 0 Å². The van der Waals surface area contributed by atoms with E-state index in [1.165, 1.54) is 5.56 Å². The molecule has 1 aromatic heterocycles. The van der Waals surface area contributed by atoms with Crippen LogP contribution in [0.15, 0.2) is 59.1 Å². The number of halogens is 1. The zero-order valence-electron chi connectivity index (χ0n) is 15.6. The molecule has 1 amide bonds. The minimum atomic E-state index is 0.198. The van der Waals surface area contributed by atoms with Crippen LogP contribution in [0.5, 0.6) is 0 Å². The molecule has 0 saturated heterocycles. The topological polar surface area (TPSA) is 59.2 Å². The normalized spacial score (nSPS) is 13.5. The lowest BCUT2D eigenvalue weighted by molar-refractivity contribution is -0.132. The number of nitrogens with zero attached hydrogens (tertiary/aromatic N) is 3. The monoisotopic (exact) mass is 395 g/mol. The van der Waals surface area contributed by atoms with Gasteiger partial charge in [-0.15, -0.1) is 0 Å². The van der Waals surface area contributed by atoms with E-state index in [9.17, 15) is 4.79 Å². The number of aryl methyl sites for hydroxylation is 1. The van der Waals surface area contributed by atoms with Gasteiger partial charge >= 0.3 is 0 Å². The summed E-state index contributed by atoms with van der Waals surface area (Å²) in [6, 6.07) is 17.9. The summed E-state index contributed by atoms with van der Waals surface area (Å²) in [5.41, 5.74) is 2.03. The number of amides is 1. The molecule has 6 heteroatoms. The van der Waals surface area contributed by atoms with E-state index in [2.05, 4.69) is 22.3 Å². The van der Waals surface area contributed by atoms with Crippen molar-refractivity contribution in [1.82, 2.24) is 15.0 Å². The van der Waals surface area contributed by atoms with Gasteiger partial charge in [-0.2, -0.15) is 4.98 Å². The minimum absolute atomic E-state index is 0.198. The summed E-state index contributed by atoms with van der Waals surface area (Å²) in [5, 5.41) is 4.69. The van der Waals surface area contributed by atoms with E-state index in [0.717, 1.165) is 18.4 Å². The van der Waals surface area contributed by atoms with Gasteiger partial charge in [0.1, 0.15) is 0 Å². The molecule has 1 aliphatic rings. The number of carbonyl (C=O) groups is 1. The predicted octanol–water partition coefficient (Wildman–Crippen LogP) is 4.90. The first-order chi connectivity index (χ1) is 13.7. The Kier molecular flexibility index (Phi) is 5.72. The van der Waals surface area contributed by atoms with Gasteiger partial charge in [0.15, 0.2) is 0 Å². The van der Waals surface area contributed by atoms with Gasteiger partial charge in [-0.05, 0) is 49.1 Å². The van der Waals surface area contributed by atoms with Gasteiger partial charge in [-0.3, -0.25) is 4.79 Å². The highest BCUT2D eigenvalue weighted by Gasteiger charge is 2.32. The maximum absolute atomic E-state index is 12.7. The molecule has 5 nitrogen and oxygen atoms in total. The Bertz CT molecular complexity index is 920. The van der Waals surface area contributed by atoms with Crippen molar-refractivity contribution in [3.05, 3.63) is 71.1 Å². The second kappa shape index (κ2) is 8.57. The smallest absolute Gasteiger partial charge is 0.226 e. The number of benzene rings is 2. The van der Waals surface area contributed by atoms with Crippen LogP contribution >= 0.6 is 11.6 Å². The third kappa shape index (κ3) is 4.78. The van der Waals surface area contributed by atoms with Crippen LogP contribution in [-0.4, -0.2) is 27.0 Å². The maximum Gasteiger partial charge on any atom is 0.226 e. The molecule has 1 fully saturated rings. The Balaban J connectivity index is 1.30. The Morgan fingerprint density at radius 3 is 2.57 bits per heavy atom. The van der Waals surface area contributed by atoms with Gasteiger partial charge in [0.05, 0.1) is 0 Å². The highest BCUT2D eigenvalue weighted by Crippen LogP contribution is 2.29. The molecule has 1 saturated carbocycles. The van der Waals surface area contributed by atoms with Crippen molar-refractivity contribution < 1.29 is 9.32 Å². The van der Waals surface area contributed by atoms with Crippen LogP contribution in [0, 0.1) is 0 Å². The summed E-state index contributed by atoms with van der Waals surface area (Å²) in [6.07, 6.45) is 3.98. The van der Waals surface area contributed by atoms with Gasteiger partial charge in [-0.25, -0.2) is 0 Å². The molecule has 4 rings (SSSR count). The van der Waals surface area contributed by atoms with E-state index in [0.29, 0.717) is 48.6 Å². The standard InChI is InChI=1S/C22H22ClN3O2/c23-18-11-9-17(10-12-18)22-24-20(28-25-22)7-4-8-21(27)26(19-13-14-19)15-16-5-2-1-3-6-16/h1-3,5-6,9-12,19H,4,7-8,13-15H2. The third-order valence-corrected chi connectivity index (χ3v) is 5.11. The molecule has 0 radical (unpaired) electrons. The lowest BCUT2D eigenvalue weighted by Gasteiger charge is -2.22. The molecule has 0 unspecified atom stereocenters. The SMILES string of the molecule is O=C(CCCc1nc(-c2ccc(Cl)cc2)no1)N(Cc1ccccc1)C1CC1. The van der Waals surface area contributed by atoms with E-state index in [1.54, 1.807) is 12.1 Å². The van der Waals surface area contributed by atoms with E-state index < -0.39 is 0 Å². The van der Waals surface area contributed by atoms with Gasteiger partial charge in [-0.1, -0.05) is 47.1 Å². The zero-order chi connectivity index (χ0) is 19.3. The number of hydrogen-bond donors (Lipinski definition) is 0. The van der Waals surface area contributed by atoms with E-state index in [1.807, 2.05) is 35.2 Å². The summed E-state index contributed by atoms with van der Waals surface area (Å²) in [6.45, 7) is 0.686. The summed E-state index contributed by atoms with van der Waals surface area (Å²) < 4.78 is 5.33. The average molecular weight is 396 g/mol. The van der Waals surface area contributed by atoms with Crippen LogP contribution in [0.4, 0.5) is 0 Å². The molecule has 0 spiro atoms. The van der Waals surface area contributed by atoms with Crippen molar-refractivity contribution in [2.24, 2.45) is 0 Å². The molecule has 2 aromatic carbocycles. The predicted molar refractivity (Wildman–Crippen MR) is 108 cm³/mol. The van der Waals surface area contributed by atoms with E-state index >= 15 is 0 Å². The molecule has 0 bridgehead atoms. The fraction of sp³-hybridized carbons (Fsp3) is 0.318. The first-order valence-corrected chi connectivity index (χ1v) is 9.99. The van der Waals surface area contributed by atoms with Gasteiger partial charge < -0.3 is 9.42 Å². The number of hydrogen-bond acceptors (Lipinski definition) is 4. The first-order valence-electron chi connectivity index (χ1n) is 9.61. The van der Waals surface area contributed by atoms with Crippen LogP contribution in [0.2, 0.25) is 5.02 Å². The fourth-order valence-corrected chi connectivity index (χ4v) is 3.32. The zero-order valence-corrected chi connectivity index (χ0v) is 16.3. The Labute approximate surface area is 169 Å². The minimum Gasteiger partial charge on any atom is -0.339 e. The average Bonchev–Trinajstić information content (AvgIpc) is 3.45. The number of rotatable bonds is 8. The summed E-state index contributed by atoms with van der Waals surface area (Å²) in [4.78, 5) is 19.2. The maximum atomic E-state index is 12.7. The fourth-order valence-electron chi connectivity index (χ4n) is 3.19. The molecule has 0 aliphatic heterocycles. The molecule has 28 heavy (non-hydrogen) atoms. The Morgan fingerprint density at radius 1 is 1.11 bits per heavy atom. The molecule has 1 heterocycles. The van der Waals surface area contributed by atoms with Crippen LogP contribution in [0.3, 0.4) is 0 Å². The quantitative estimate of drug-likeness (QED) is 0.544. The van der Waals surface area contributed by atoms with Crippen LogP contribution in [0.1, 0.15) is 37.1 Å². The summed E-state index contributed by atoms with van der Waals surface area (Å²) in [5.74, 6) is 1.30. The van der Waals surface area contributed by atoms with Crippen LogP contribution in [-0.2, 0) is 17.8 Å². The van der Waals surface area contributed by atoms with Crippen molar-refractivity contribution in [3.8, 4) is 11.4 Å². The van der Waals surface area contributed by atoms with E-state index in [4.69, 9.17) is 16.1 Å². The van der Waals surface area contributed by atoms with Gasteiger partial charge in [0, 0.05) is 36.0 Å². The van der Waals surface area contributed by atoms with Crippen molar-refractivity contribution >= 4 is 17.5 Å². The molecule has 0 N–H and O–H groups in total. The Morgan fingerprint density at radius 2 is 1.86 bits per heavy atom. The van der Waals surface area contributed by atoms with Crippen molar-refractivity contribution in [2.75, 3.05) is 0 Å². The van der Waals surface area contributed by atoms with E-state index in [-0.39, 0.29) is 5.91 Å².